The first-order valence-electron chi connectivity index (χ1n) is 6.62. The van der Waals surface area contributed by atoms with Gasteiger partial charge in [-0.3, -0.25) is 9.67 Å². The zero-order valence-electron chi connectivity index (χ0n) is 12.3. The minimum absolute atomic E-state index is 0.252. The Balaban J connectivity index is 2.61. The minimum atomic E-state index is -0.372. The number of nitrogens with zero attached hydrogens (tertiary/aromatic N) is 3. The van der Waals surface area contributed by atoms with E-state index in [1.807, 2.05) is 43.7 Å². The van der Waals surface area contributed by atoms with Crippen molar-refractivity contribution in [3.8, 4) is 11.4 Å². The van der Waals surface area contributed by atoms with Crippen LogP contribution in [-0.2, 0) is 10.3 Å². The van der Waals surface area contributed by atoms with E-state index in [1.54, 1.807) is 19.3 Å². The van der Waals surface area contributed by atoms with Gasteiger partial charge in [-0.25, -0.2) is 4.79 Å². The highest BCUT2D eigenvalue weighted by molar-refractivity contribution is 5.95. The van der Waals surface area contributed by atoms with E-state index < -0.39 is 0 Å². The molecule has 0 fully saturated rings. The van der Waals surface area contributed by atoms with Crippen LogP contribution in [0.2, 0.25) is 0 Å². The lowest BCUT2D eigenvalue weighted by Gasteiger charge is -2.22. The molecule has 106 valence electrons. The van der Waals surface area contributed by atoms with Crippen LogP contribution >= 0.6 is 0 Å². The molecule has 2 aromatic heterocycles. The Bertz CT molecular complexity index is 597. The zero-order valence-corrected chi connectivity index (χ0v) is 12.3. The lowest BCUT2D eigenvalue weighted by Crippen LogP contribution is -2.24. The van der Waals surface area contributed by atoms with Gasteiger partial charge < -0.3 is 4.74 Å². The second-order valence-electron chi connectivity index (χ2n) is 5.42. The lowest BCUT2D eigenvalue weighted by atomic mass is 10.1. The highest BCUT2D eigenvalue weighted by Gasteiger charge is 2.26. The lowest BCUT2D eigenvalue weighted by molar-refractivity contribution is 0.0527. The van der Waals surface area contributed by atoms with Gasteiger partial charge in [-0.15, -0.1) is 0 Å². The average molecular weight is 273 g/mol. The fourth-order valence-corrected chi connectivity index (χ4v) is 1.96. The average Bonchev–Trinajstić information content (AvgIpc) is 2.84. The minimum Gasteiger partial charge on any atom is -0.462 e. The van der Waals surface area contributed by atoms with Crippen molar-refractivity contribution in [2.75, 3.05) is 6.61 Å². The summed E-state index contributed by atoms with van der Waals surface area (Å²) in [5.41, 5.74) is 1.59. The van der Waals surface area contributed by atoms with Crippen molar-refractivity contribution < 1.29 is 9.53 Å². The third-order valence-corrected chi connectivity index (χ3v) is 2.81. The number of ether oxygens (including phenoxy) is 1. The zero-order chi connectivity index (χ0) is 14.8. The highest BCUT2D eigenvalue weighted by Crippen LogP contribution is 2.27. The summed E-state index contributed by atoms with van der Waals surface area (Å²) in [5, 5.41) is 4.34. The van der Waals surface area contributed by atoms with E-state index in [4.69, 9.17) is 4.74 Å². The number of rotatable bonds is 3. The first-order valence-corrected chi connectivity index (χ1v) is 6.62. The number of hydrogen-bond donors (Lipinski definition) is 0. The molecular weight excluding hydrogens is 254 g/mol. The van der Waals surface area contributed by atoms with Crippen LogP contribution in [0.5, 0.6) is 0 Å². The number of esters is 1. The Morgan fingerprint density at radius 2 is 2.10 bits per heavy atom. The van der Waals surface area contributed by atoms with Crippen molar-refractivity contribution in [2.45, 2.75) is 33.2 Å². The van der Waals surface area contributed by atoms with Crippen LogP contribution in [0, 0.1) is 0 Å². The molecule has 0 unspecified atom stereocenters. The molecule has 0 bridgehead atoms. The van der Waals surface area contributed by atoms with Gasteiger partial charge in [-0.1, -0.05) is 6.07 Å². The number of carbonyl (C=O) groups is 1. The highest BCUT2D eigenvalue weighted by atomic mass is 16.5. The predicted octanol–water partition coefficient (Wildman–Crippen LogP) is 2.88. The maximum atomic E-state index is 12.1. The molecule has 0 saturated carbocycles. The monoisotopic (exact) mass is 273 g/mol. The molecular formula is C15H19N3O2. The van der Waals surface area contributed by atoms with E-state index in [2.05, 4.69) is 10.1 Å². The van der Waals surface area contributed by atoms with Gasteiger partial charge in [0.2, 0.25) is 0 Å². The number of hydrogen-bond acceptors (Lipinski definition) is 4. The van der Waals surface area contributed by atoms with Crippen LogP contribution in [0.15, 0.2) is 30.6 Å². The van der Waals surface area contributed by atoms with Crippen molar-refractivity contribution >= 4 is 5.97 Å². The summed E-state index contributed by atoms with van der Waals surface area (Å²) in [7, 11) is 0. The Hall–Kier alpha value is -2.17. The van der Waals surface area contributed by atoms with E-state index in [0.29, 0.717) is 23.6 Å². The first kappa shape index (κ1) is 14.2. The van der Waals surface area contributed by atoms with Gasteiger partial charge >= 0.3 is 5.97 Å². The normalized spacial score (nSPS) is 11.4. The van der Waals surface area contributed by atoms with Gasteiger partial charge in [0.15, 0.2) is 0 Å². The number of carbonyl (C=O) groups excluding carboxylic acids is 1. The van der Waals surface area contributed by atoms with Crippen LogP contribution in [0.4, 0.5) is 0 Å². The summed E-state index contributed by atoms with van der Waals surface area (Å²) < 4.78 is 6.90. The van der Waals surface area contributed by atoms with E-state index >= 15 is 0 Å². The largest absolute Gasteiger partial charge is 0.462 e. The maximum absolute atomic E-state index is 12.1. The van der Waals surface area contributed by atoms with Gasteiger partial charge in [0.25, 0.3) is 0 Å². The number of aromatic nitrogens is 3. The summed E-state index contributed by atoms with van der Waals surface area (Å²) in [6, 6.07) is 5.59. The van der Waals surface area contributed by atoms with Crippen molar-refractivity contribution in [2.24, 2.45) is 0 Å². The van der Waals surface area contributed by atoms with Crippen molar-refractivity contribution in [3.63, 3.8) is 0 Å². The molecule has 0 aromatic carbocycles. The van der Waals surface area contributed by atoms with Gasteiger partial charge in [-0.2, -0.15) is 5.10 Å². The SMILES string of the molecule is CCOC(=O)c1cnn(C(C)(C)C)c1-c1ccccn1. The Kier molecular flexibility index (Phi) is 3.88. The smallest absolute Gasteiger partial charge is 0.342 e. The molecule has 2 rings (SSSR count). The molecule has 5 nitrogen and oxygen atoms in total. The van der Waals surface area contributed by atoms with Gasteiger partial charge in [0.1, 0.15) is 11.3 Å². The van der Waals surface area contributed by atoms with E-state index in [9.17, 15) is 4.79 Å². The first-order chi connectivity index (χ1) is 9.45. The molecule has 0 aliphatic carbocycles. The summed E-state index contributed by atoms with van der Waals surface area (Å²) in [6.07, 6.45) is 3.25. The summed E-state index contributed by atoms with van der Waals surface area (Å²) >= 11 is 0. The molecule has 2 heterocycles. The van der Waals surface area contributed by atoms with Gasteiger partial charge in [-0.05, 0) is 39.8 Å². The molecule has 20 heavy (non-hydrogen) atoms. The van der Waals surface area contributed by atoms with Crippen molar-refractivity contribution in [1.29, 1.82) is 0 Å². The van der Waals surface area contributed by atoms with E-state index in [0.717, 1.165) is 0 Å². The molecule has 5 heteroatoms. The third-order valence-electron chi connectivity index (χ3n) is 2.81. The van der Waals surface area contributed by atoms with Crippen LogP contribution in [0.3, 0.4) is 0 Å². The summed E-state index contributed by atoms with van der Waals surface area (Å²) in [5.74, 6) is -0.372. The second-order valence-corrected chi connectivity index (χ2v) is 5.42. The van der Waals surface area contributed by atoms with Crippen LogP contribution in [-0.4, -0.2) is 27.3 Å². The van der Waals surface area contributed by atoms with Gasteiger partial charge in [0, 0.05) is 6.20 Å². The molecule has 0 spiro atoms. The van der Waals surface area contributed by atoms with E-state index in [-0.39, 0.29) is 11.5 Å². The third kappa shape index (κ3) is 2.71. The summed E-state index contributed by atoms with van der Waals surface area (Å²) in [6.45, 7) is 8.21. The quantitative estimate of drug-likeness (QED) is 0.807. The molecule has 0 aliphatic rings. The number of pyridine rings is 1. The molecule has 0 saturated heterocycles. The predicted molar refractivity (Wildman–Crippen MR) is 76.4 cm³/mol. The molecule has 0 radical (unpaired) electrons. The Labute approximate surface area is 118 Å². The molecule has 2 aromatic rings. The molecule has 0 amide bonds. The van der Waals surface area contributed by atoms with Gasteiger partial charge in [0.05, 0.1) is 24.0 Å². The summed E-state index contributed by atoms with van der Waals surface area (Å²) in [4.78, 5) is 16.4. The van der Waals surface area contributed by atoms with Crippen LogP contribution < -0.4 is 0 Å². The topological polar surface area (TPSA) is 57.0 Å². The van der Waals surface area contributed by atoms with E-state index in [1.165, 1.54) is 0 Å². The fourth-order valence-electron chi connectivity index (χ4n) is 1.96. The Morgan fingerprint density at radius 1 is 1.35 bits per heavy atom. The van der Waals surface area contributed by atoms with Crippen LogP contribution in [0.25, 0.3) is 11.4 Å². The maximum Gasteiger partial charge on any atom is 0.342 e. The fraction of sp³-hybridized carbons (Fsp3) is 0.400. The molecule has 0 N–H and O–H groups in total. The second kappa shape index (κ2) is 5.45. The Morgan fingerprint density at radius 3 is 2.65 bits per heavy atom. The van der Waals surface area contributed by atoms with Crippen molar-refractivity contribution in [3.05, 3.63) is 36.2 Å². The molecule has 0 atom stereocenters. The standard InChI is InChI=1S/C15H19N3O2/c1-5-20-14(19)11-10-17-18(15(2,3)4)13(11)12-8-6-7-9-16-12/h6-10H,5H2,1-4H3. The van der Waals surface area contributed by atoms with Crippen molar-refractivity contribution in [1.82, 2.24) is 14.8 Å². The molecule has 0 aliphatic heterocycles. The van der Waals surface area contributed by atoms with Crippen LogP contribution in [0.1, 0.15) is 38.1 Å².